The minimum atomic E-state index is -0.444. The van der Waals surface area contributed by atoms with Crippen LogP contribution in [0.5, 0.6) is 0 Å². The SMILES string of the molecule is CC(Cc1ccc(C(N)=O)cc1)C(=O)N1CCCCC1c1ncc(-c2ccccc2)[nH]1. The Hall–Kier alpha value is -3.41. The van der Waals surface area contributed by atoms with E-state index in [0.717, 1.165) is 48.5 Å². The van der Waals surface area contributed by atoms with Crippen molar-refractivity contribution in [1.29, 1.82) is 0 Å². The molecule has 2 aromatic carbocycles. The number of aromatic nitrogens is 2. The van der Waals surface area contributed by atoms with E-state index in [-0.39, 0.29) is 17.9 Å². The van der Waals surface area contributed by atoms with Crippen LogP contribution in [0.1, 0.15) is 54.0 Å². The molecule has 0 radical (unpaired) electrons. The van der Waals surface area contributed by atoms with Crippen molar-refractivity contribution < 1.29 is 9.59 Å². The van der Waals surface area contributed by atoms with Crippen molar-refractivity contribution in [1.82, 2.24) is 14.9 Å². The summed E-state index contributed by atoms with van der Waals surface area (Å²) in [6.07, 6.45) is 5.47. The number of likely N-dealkylation sites (tertiary alicyclic amines) is 1. The number of primary amides is 1. The van der Waals surface area contributed by atoms with Crippen LogP contribution in [-0.2, 0) is 11.2 Å². The number of hydrogen-bond acceptors (Lipinski definition) is 3. The van der Waals surface area contributed by atoms with Crippen molar-refractivity contribution in [2.24, 2.45) is 11.7 Å². The van der Waals surface area contributed by atoms with Crippen LogP contribution in [0.15, 0.2) is 60.8 Å². The van der Waals surface area contributed by atoms with Gasteiger partial charge in [0.1, 0.15) is 5.82 Å². The molecule has 3 N–H and O–H groups in total. The van der Waals surface area contributed by atoms with Gasteiger partial charge in [0.05, 0.1) is 17.9 Å². The molecule has 4 rings (SSSR count). The summed E-state index contributed by atoms with van der Waals surface area (Å²) in [5.74, 6) is 0.384. The lowest BCUT2D eigenvalue weighted by Gasteiger charge is -2.36. The minimum absolute atomic E-state index is 0.0293. The van der Waals surface area contributed by atoms with E-state index in [1.807, 2.05) is 60.5 Å². The highest BCUT2D eigenvalue weighted by molar-refractivity contribution is 5.92. The zero-order chi connectivity index (χ0) is 21.8. The van der Waals surface area contributed by atoms with Crippen LogP contribution in [-0.4, -0.2) is 33.2 Å². The maximum absolute atomic E-state index is 13.3. The van der Waals surface area contributed by atoms with Gasteiger partial charge in [-0.2, -0.15) is 0 Å². The topological polar surface area (TPSA) is 92.1 Å². The lowest BCUT2D eigenvalue weighted by Crippen LogP contribution is -2.42. The van der Waals surface area contributed by atoms with Crippen LogP contribution < -0.4 is 5.73 Å². The van der Waals surface area contributed by atoms with Crippen molar-refractivity contribution >= 4 is 11.8 Å². The quantitative estimate of drug-likeness (QED) is 0.633. The molecule has 160 valence electrons. The average Bonchev–Trinajstić information content (AvgIpc) is 3.30. The summed E-state index contributed by atoms with van der Waals surface area (Å²) in [5, 5.41) is 0. The van der Waals surface area contributed by atoms with Gasteiger partial charge in [0, 0.05) is 18.0 Å². The van der Waals surface area contributed by atoms with E-state index in [0.29, 0.717) is 12.0 Å². The first-order chi connectivity index (χ1) is 15.0. The maximum Gasteiger partial charge on any atom is 0.248 e. The second-order valence-corrected chi connectivity index (χ2v) is 8.26. The first-order valence-electron chi connectivity index (χ1n) is 10.8. The third-order valence-electron chi connectivity index (χ3n) is 5.98. The number of piperidine rings is 1. The summed E-state index contributed by atoms with van der Waals surface area (Å²) in [7, 11) is 0. The molecular weight excluding hydrogens is 388 g/mol. The van der Waals surface area contributed by atoms with Crippen molar-refractivity contribution in [2.45, 2.75) is 38.6 Å². The summed E-state index contributed by atoms with van der Waals surface area (Å²) in [6.45, 7) is 2.71. The Morgan fingerprint density at radius 2 is 1.87 bits per heavy atom. The first kappa shape index (κ1) is 20.8. The largest absolute Gasteiger partial charge is 0.366 e. The smallest absolute Gasteiger partial charge is 0.248 e. The zero-order valence-electron chi connectivity index (χ0n) is 17.8. The highest BCUT2D eigenvalue weighted by Crippen LogP contribution is 2.32. The van der Waals surface area contributed by atoms with Crippen LogP contribution in [0.3, 0.4) is 0 Å². The number of amides is 2. The third kappa shape index (κ3) is 4.68. The van der Waals surface area contributed by atoms with Gasteiger partial charge >= 0.3 is 0 Å². The van der Waals surface area contributed by atoms with Crippen molar-refractivity contribution in [3.8, 4) is 11.3 Å². The Bertz CT molecular complexity index is 1040. The molecule has 6 heteroatoms. The van der Waals surface area contributed by atoms with Crippen LogP contribution in [0.4, 0.5) is 0 Å². The second kappa shape index (κ2) is 9.16. The lowest BCUT2D eigenvalue weighted by atomic mass is 9.95. The summed E-state index contributed by atoms with van der Waals surface area (Å²) in [5.41, 5.74) is 8.86. The summed E-state index contributed by atoms with van der Waals surface area (Å²) >= 11 is 0. The molecular formula is C25H28N4O2. The number of carbonyl (C=O) groups is 2. The van der Waals surface area contributed by atoms with E-state index >= 15 is 0 Å². The Kier molecular flexibility index (Phi) is 6.16. The average molecular weight is 417 g/mol. The Balaban J connectivity index is 1.48. The van der Waals surface area contributed by atoms with Gasteiger partial charge in [-0.1, -0.05) is 49.4 Å². The normalized spacial score (nSPS) is 17.3. The molecule has 0 aliphatic carbocycles. The van der Waals surface area contributed by atoms with Gasteiger partial charge in [-0.25, -0.2) is 4.98 Å². The zero-order valence-corrected chi connectivity index (χ0v) is 17.8. The van der Waals surface area contributed by atoms with Crippen LogP contribution >= 0.6 is 0 Å². The molecule has 3 aromatic rings. The van der Waals surface area contributed by atoms with Crippen molar-refractivity contribution in [3.63, 3.8) is 0 Å². The molecule has 0 spiro atoms. The highest BCUT2D eigenvalue weighted by atomic mass is 16.2. The van der Waals surface area contributed by atoms with E-state index in [1.54, 1.807) is 12.1 Å². The molecule has 31 heavy (non-hydrogen) atoms. The summed E-state index contributed by atoms with van der Waals surface area (Å²) in [6, 6.07) is 17.2. The van der Waals surface area contributed by atoms with Crippen LogP contribution in [0.2, 0.25) is 0 Å². The molecule has 0 saturated carbocycles. The summed E-state index contributed by atoms with van der Waals surface area (Å²) < 4.78 is 0. The number of imidazole rings is 1. The van der Waals surface area contributed by atoms with Gasteiger partial charge in [0.25, 0.3) is 0 Å². The van der Waals surface area contributed by atoms with Gasteiger partial charge in [0.2, 0.25) is 11.8 Å². The van der Waals surface area contributed by atoms with Gasteiger partial charge in [0.15, 0.2) is 0 Å². The van der Waals surface area contributed by atoms with E-state index in [2.05, 4.69) is 9.97 Å². The Morgan fingerprint density at radius 1 is 1.13 bits per heavy atom. The van der Waals surface area contributed by atoms with Crippen LogP contribution in [0.25, 0.3) is 11.3 Å². The number of nitrogens with one attached hydrogen (secondary N) is 1. The molecule has 1 aromatic heterocycles. The Labute approximate surface area is 182 Å². The molecule has 2 atom stereocenters. The Morgan fingerprint density at radius 3 is 2.58 bits per heavy atom. The van der Waals surface area contributed by atoms with E-state index in [9.17, 15) is 9.59 Å². The van der Waals surface area contributed by atoms with E-state index < -0.39 is 5.91 Å². The number of hydrogen-bond donors (Lipinski definition) is 2. The number of carbonyl (C=O) groups excluding carboxylic acids is 2. The standard InChI is InChI=1S/C25H28N4O2/c1-17(15-18-10-12-20(13-11-18)23(26)30)25(31)29-14-6-5-9-22(29)24-27-16-21(28-24)19-7-3-2-4-8-19/h2-4,7-8,10-13,16-17,22H,5-6,9,14-15H2,1H3,(H2,26,30)(H,27,28). The van der Waals surface area contributed by atoms with Crippen molar-refractivity contribution in [2.75, 3.05) is 6.54 Å². The van der Waals surface area contributed by atoms with Gasteiger partial charge in [-0.15, -0.1) is 0 Å². The van der Waals surface area contributed by atoms with Gasteiger partial charge in [-0.3, -0.25) is 9.59 Å². The van der Waals surface area contributed by atoms with Gasteiger partial charge in [-0.05, 0) is 48.9 Å². The lowest BCUT2D eigenvalue weighted by molar-refractivity contribution is -0.139. The number of nitrogens with zero attached hydrogens (tertiary/aromatic N) is 2. The van der Waals surface area contributed by atoms with Gasteiger partial charge < -0.3 is 15.6 Å². The van der Waals surface area contributed by atoms with E-state index in [1.165, 1.54) is 0 Å². The molecule has 1 aliphatic heterocycles. The molecule has 2 unspecified atom stereocenters. The molecule has 1 saturated heterocycles. The predicted molar refractivity (Wildman–Crippen MR) is 120 cm³/mol. The highest BCUT2D eigenvalue weighted by Gasteiger charge is 2.32. The number of aromatic amines is 1. The fraction of sp³-hybridized carbons (Fsp3) is 0.320. The molecule has 1 fully saturated rings. The maximum atomic E-state index is 13.3. The fourth-order valence-electron chi connectivity index (χ4n) is 4.28. The molecule has 2 heterocycles. The molecule has 1 aliphatic rings. The number of H-pyrrole nitrogens is 1. The number of nitrogens with two attached hydrogens (primary N) is 1. The monoisotopic (exact) mass is 416 g/mol. The second-order valence-electron chi connectivity index (χ2n) is 8.26. The van der Waals surface area contributed by atoms with Crippen molar-refractivity contribution in [3.05, 3.63) is 77.7 Å². The summed E-state index contributed by atoms with van der Waals surface area (Å²) in [4.78, 5) is 34.7. The molecule has 0 bridgehead atoms. The molecule has 6 nitrogen and oxygen atoms in total. The van der Waals surface area contributed by atoms with Crippen LogP contribution in [0, 0.1) is 5.92 Å². The first-order valence-corrected chi connectivity index (χ1v) is 10.8. The minimum Gasteiger partial charge on any atom is -0.366 e. The third-order valence-corrected chi connectivity index (χ3v) is 5.98. The number of rotatable bonds is 6. The van der Waals surface area contributed by atoms with E-state index in [4.69, 9.17) is 5.73 Å². The fourth-order valence-corrected chi connectivity index (χ4v) is 4.28. The predicted octanol–water partition coefficient (Wildman–Crippen LogP) is 4.11. The number of benzene rings is 2. The molecule has 2 amide bonds.